The third-order valence-electron chi connectivity index (χ3n) is 3.54. The molecule has 31 heavy (non-hydrogen) atoms. The molecule has 2 aromatic rings. The third-order valence-corrected chi connectivity index (χ3v) is 3.54. The Morgan fingerprint density at radius 2 is 0.903 bits per heavy atom. The van der Waals surface area contributed by atoms with Crippen LogP contribution in [0.5, 0.6) is 0 Å². The molecular weight excluding hydrogens is 454 g/mol. The number of hydrogen-bond acceptors (Lipinski definition) is 4. The first-order valence-corrected chi connectivity index (χ1v) is 7.81. The second-order valence-corrected chi connectivity index (χ2v) is 5.61. The molecule has 0 heterocycles. The van der Waals surface area contributed by atoms with Crippen LogP contribution in [0.1, 0.15) is 18.1 Å². The standard InChI is InChI=1S/C17H8F10N2O2/c1-5(29-31-4-7-10(20)14(24)17(27)15(25)11(7)21)2-28-30-3-6-8(18)12(22)16(26)13(23)9(6)19/h2H,3-4H2,1H3/b28-2+,29-5+. The van der Waals surface area contributed by atoms with E-state index in [0.29, 0.717) is 6.21 Å². The van der Waals surface area contributed by atoms with E-state index in [4.69, 9.17) is 0 Å². The van der Waals surface area contributed by atoms with E-state index in [0.717, 1.165) is 6.92 Å². The number of halogens is 10. The Balaban J connectivity index is 2.01. The van der Waals surface area contributed by atoms with Gasteiger partial charge in [-0.05, 0) is 6.92 Å². The van der Waals surface area contributed by atoms with Gasteiger partial charge >= 0.3 is 0 Å². The van der Waals surface area contributed by atoms with Crippen molar-refractivity contribution in [1.29, 1.82) is 0 Å². The fourth-order valence-corrected chi connectivity index (χ4v) is 1.99. The Labute approximate surface area is 166 Å². The summed E-state index contributed by atoms with van der Waals surface area (Å²) in [6, 6.07) is 0. The molecule has 0 bridgehead atoms. The molecule has 14 heteroatoms. The van der Waals surface area contributed by atoms with Gasteiger partial charge in [0.25, 0.3) is 0 Å². The summed E-state index contributed by atoms with van der Waals surface area (Å²) in [4.78, 5) is 8.82. The molecule has 0 aliphatic carbocycles. The normalized spacial score (nSPS) is 12.0. The van der Waals surface area contributed by atoms with Crippen molar-refractivity contribution in [3.63, 3.8) is 0 Å². The molecule has 0 N–H and O–H groups in total. The van der Waals surface area contributed by atoms with Gasteiger partial charge in [-0.25, -0.2) is 43.9 Å². The second-order valence-electron chi connectivity index (χ2n) is 5.61. The Bertz CT molecular complexity index is 1010. The minimum absolute atomic E-state index is 0.235. The zero-order valence-corrected chi connectivity index (χ0v) is 15.0. The fourth-order valence-electron chi connectivity index (χ4n) is 1.99. The molecule has 2 rings (SSSR count). The lowest BCUT2D eigenvalue weighted by Gasteiger charge is -2.07. The number of rotatable bonds is 7. The van der Waals surface area contributed by atoms with Crippen molar-refractivity contribution in [3.05, 3.63) is 69.3 Å². The van der Waals surface area contributed by atoms with E-state index < -0.39 is 82.5 Å². The van der Waals surface area contributed by atoms with Gasteiger partial charge in [-0.3, -0.25) is 0 Å². The minimum Gasteiger partial charge on any atom is -0.391 e. The van der Waals surface area contributed by atoms with Crippen LogP contribution in [0, 0.1) is 58.2 Å². The highest BCUT2D eigenvalue weighted by Gasteiger charge is 2.27. The minimum atomic E-state index is -2.35. The van der Waals surface area contributed by atoms with Crippen molar-refractivity contribution >= 4 is 11.9 Å². The highest BCUT2D eigenvalue weighted by Crippen LogP contribution is 2.24. The van der Waals surface area contributed by atoms with Crippen LogP contribution in [0.15, 0.2) is 10.3 Å². The average molecular weight is 462 g/mol. The zero-order chi connectivity index (χ0) is 23.5. The van der Waals surface area contributed by atoms with E-state index in [1.807, 2.05) is 0 Å². The van der Waals surface area contributed by atoms with Gasteiger partial charge < -0.3 is 9.68 Å². The van der Waals surface area contributed by atoms with Gasteiger partial charge in [-0.2, -0.15) is 0 Å². The molecule has 4 nitrogen and oxygen atoms in total. The van der Waals surface area contributed by atoms with E-state index in [-0.39, 0.29) is 5.71 Å². The van der Waals surface area contributed by atoms with E-state index in [1.165, 1.54) is 0 Å². The van der Waals surface area contributed by atoms with Crippen LogP contribution in [-0.2, 0) is 22.9 Å². The molecule has 0 spiro atoms. The maximum atomic E-state index is 13.4. The summed E-state index contributed by atoms with van der Waals surface area (Å²) in [6.45, 7) is -1.19. The molecule has 0 aromatic heterocycles. The zero-order valence-electron chi connectivity index (χ0n) is 15.0. The molecule has 0 saturated carbocycles. The molecule has 0 fully saturated rings. The highest BCUT2D eigenvalue weighted by atomic mass is 19.2. The Morgan fingerprint density at radius 1 is 0.581 bits per heavy atom. The summed E-state index contributed by atoms with van der Waals surface area (Å²) < 4.78 is 132. The summed E-state index contributed by atoms with van der Waals surface area (Å²) in [5.74, 6) is -21.9. The number of hydrogen-bond donors (Lipinski definition) is 0. The summed E-state index contributed by atoms with van der Waals surface area (Å²) >= 11 is 0. The Morgan fingerprint density at radius 3 is 1.29 bits per heavy atom. The Hall–Kier alpha value is -3.32. The van der Waals surface area contributed by atoms with Gasteiger partial charge in [-0.15, -0.1) is 0 Å². The number of benzene rings is 2. The lowest BCUT2D eigenvalue weighted by atomic mass is 10.2. The van der Waals surface area contributed by atoms with Crippen LogP contribution in [0.25, 0.3) is 0 Å². The van der Waals surface area contributed by atoms with E-state index in [9.17, 15) is 43.9 Å². The molecule has 0 aliphatic heterocycles. The molecule has 2 aromatic carbocycles. The largest absolute Gasteiger partial charge is 0.391 e. The fraction of sp³-hybridized carbons (Fsp3) is 0.176. The monoisotopic (exact) mass is 462 g/mol. The van der Waals surface area contributed by atoms with Crippen LogP contribution >= 0.6 is 0 Å². The van der Waals surface area contributed by atoms with Gasteiger partial charge in [0.05, 0.1) is 23.1 Å². The van der Waals surface area contributed by atoms with E-state index >= 15 is 0 Å². The lowest BCUT2D eigenvalue weighted by molar-refractivity contribution is 0.121. The molecule has 0 atom stereocenters. The molecule has 0 unspecified atom stereocenters. The summed E-state index contributed by atoms with van der Waals surface area (Å²) in [6.07, 6.45) is 0.699. The summed E-state index contributed by atoms with van der Waals surface area (Å²) in [7, 11) is 0. The Kier molecular flexibility index (Phi) is 7.46. The molecular formula is C17H8F10N2O2. The quantitative estimate of drug-likeness (QED) is 0.187. The highest BCUT2D eigenvalue weighted by molar-refractivity contribution is 6.29. The van der Waals surface area contributed by atoms with Gasteiger partial charge in [0.15, 0.2) is 46.5 Å². The molecule has 0 aliphatic rings. The van der Waals surface area contributed by atoms with Crippen molar-refractivity contribution < 1.29 is 53.6 Å². The van der Waals surface area contributed by atoms with Gasteiger partial charge in [0.2, 0.25) is 11.6 Å². The summed E-state index contributed by atoms with van der Waals surface area (Å²) in [5.41, 5.74) is -2.83. The maximum Gasteiger partial charge on any atom is 0.200 e. The van der Waals surface area contributed by atoms with E-state index in [1.54, 1.807) is 0 Å². The van der Waals surface area contributed by atoms with Crippen molar-refractivity contribution in [2.45, 2.75) is 20.1 Å². The van der Waals surface area contributed by atoms with Gasteiger partial charge in [0.1, 0.15) is 13.2 Å². The van der Waals surface area contributed by atoms with Crippen LogP contribution in [-0.4, -0.2) is 11.9 Å². The average Bonchev–Trinajstić information content (AvgIpc) is 2.75. The predicted octanol–water partition coefficient (Wildman–Crippen LogP) is 5.17. The second kappa shape index (κ2) is 9.66. The lowest BCUT2D eigenvalue weighted by Crippen LogP contribution is -2.08. The van der Waals surface area contributed by atoms with Crippen molar-refractivity contribution in [1.82, 2.24) is 0 Å². The molecule has 0 amide bonds. The van der Waals surface area contributed by atoms with Crippen LogP contribution in [0.2, 0.25) is 0 Å². The molecule has 0 saturated heterocycles. The smallest absolute Gasteiger partial charge is 0.200 e. The van der Waals surface area contributed by atoms with Crippen LogP contribution in [0.4, 0.5) is 43.9 Å². The number of oxime groups is 2. The maximum absolute atomic E-state index is 13.4. The molecule has 0 radical (unpaired) electrons. The third kappa shape index (κ3) is 4.88. The van der Waals surface area contributed by atoms with Gasteiger partial charge in [-0.1, -0.05) is 10.3 Å². The predicted molar refractivity (Wildman–Crippen MR) is 83.6 cm³/mol. The van der Waals surface area contributed by atoms with Crippen molar-refractivity contribution in [2.75, 3.05) is 0 Å². The van der Waals surface area contributed by atoms with Crippen molar-refractivity contribution in [3.8, 4) is 0 Å². The SMILES string of the molecule is CC(/C=N/OCc1c(F)c(F)c(F)c(F)c1F)=N\OCc1c(F)c(F)c(F)c(F)c1F. The van der Waals surface area contributed by atoms with Gasteiger partial charge in [0, 0.05) is 0 Å². The topological polar surface area (TPSA) is 43.2 Å². The summed E-state index contributed by atoms with van der Waals surface area (Å²) in [5, 5.41) is 6.31. The molecule has 168 valence electrons. The first-order valence-electron chi connectivity index (χ1n) is 7.81. The van der Waals surface area contributed by atoms with Crippen molar-refractivity contribution in [2.24, 2.45) is 10.3 Å². The first-order chi connectivity index (χ1) is 14.5. The van der Waals surface area contributed by atoms with E-state index in [2.05, 4.69) is 20.0 Å². The number of nitrogens with zero attached hydrogens (tertiary/aromatic N) is 2. The first kappa shape index (κ1) is 24.0. The van der Waals surface area contributed by atoms with Crippen LogP contribution in [0.3, 0.4) is 0 Å². The van der Waals surface area contributed by atoms with Crippen LogP contribution < -0.4 is 0 Å².